The Morgan fingerprint density at radius 2 is 1.73 bits per heavy atom. The summed E-state index contributed by atoms with van der Waals surface area (Å²) in [7, 11) is 0. The summed E-state index contributed by atoms with van der Waals surface area (Å²) in [5.41, 5.74) is -2.89. The fraction of sp³-hybridized carbons (Fsp3) is 0.771. The van der Waals surface area contributed by atoms with Gasteiger partial charge in [-0.05, 0) is 31.2 Å². The summed E-state index contributed by atoms with van der Waals surface area (Å²) in [6.07, 6.45) is 2.38. The first-order chi connectivity index (χ1) is 21.1. The SMILES string of the molecule is CCC(C)C(=O)O[C@@H]1[C@@H]2OC[C@]3(C)[C@H](OC(C)=O)C[C@H](OC(C)=O)[C@](C)([C@H]4CC[C@@]5(C)[C@H](c6ccoc6)C(=O)[C@@H]6O[C@@]65[C@]14C)[C@@H]23. The van der Waals surface area contributed by atoms with Crippen LogP contribution < -0.4 is 0 Å². The van der Waals surface area contributed by atoms with Crippen molar-refractivity contribution in [2.24, 2.45) is 39.4 Å². The van der Waals surface area contributed by atoms with Gasteiger partial charge in [0.05, 0.1) is 37.1 Å². The molecule has 1 aromatic heterocycles. The number of carbonyl (C=O) groups excluding carboxylic acids is 4. The quantitative estimate of drug-likeness (QED) is 0.247. The minimum absolute atomic E-state index is 0.0207. The van der Waals surface area contributed by atoms with Crippen LogP contribution in [0.25, 0.3) is 0 Å². The number of esters is 3. The summed E-state index contributed by atoms with van der Waals surface area (Å²) < 4.78 is 37.7. The van der Waals surface area contributed by atoms with E-state index in [0.717, 1.165) is 5.56 Å². The number of ether oxygens (including phenoxy) is 5. The van der Waals surface area contributed by atoms with Gasteiger partial charge in [0.15, 0.2) is 5.78 Å². The average Bonchev–Trinajstić information content (AvgIpc) is 3.22. The zero-order valence-corrected chi connectivity index (χ0v) is 27.5. The molecule has 1 aromatic rings. The lowest BCUT2D eigenvalue weighted by atomic mass is 9.34. The minimum Gasteiger partial charge on any atom is -0.472 e. The Morgan fingerprint density at radius 3 is 2.36 bits per heavy atom. The topological polar surface area (TPSA) is 131 Å². The van der Waals surface area contributed by atoms with E-state index in [-0.39, 0.29) is 36.1 Å². The fourth-order valence-electron chi connectivity index (χ4n) is 11.7. The van der Waals surface area contributed by atoms with Crippen molar-refractivity contribution in [1.82, 2.24) is 0 Å². The molecule has 10 nitrogen and oxygen atoms in total. The van der Waals surface area contributed by atoms with Crippen LogP contribution in [-0.2, 0) is 42.9 Å². The molecule has 1 spiro atoms. The van der Waals surface area contributed by atoms with Crippen molar-refractivity contribution in [3.8, 4) is 0 Å². The van der Waals surface area contributed by atoms with Crippen LogP contribution in [-0.4, -0.2) is 66.4 Å². The number of ketones is 1. The van der Waals surface area contributed by atoms with Crippen LogP contribution in [0.5, 0.6) is 0 Å². The Bertz CT molecular complexity index is 1440. The second kappa shape index (κ2) is 9.66. The predicted octanol–water partition coefficient (Wildman–Crippen LogP) is 4.77. The third-order valence-electron chi connectivity index (χ3n) is 13.7. The van der Waals surface area contributed by atoms with E-state index in [2.05, 4.69) is 27.7 Å². The summed E-state index contributed by atoms with van der Waals surface area (Å²) in [5, 5.41) is 0. The summed E-state index contributed by atoms with van der Waals surface area (Å²) in [5.74, 6) is -2.34. The summed E-state index contributed by atoms with van der Waals surface area (Å²) >= 11 is 0. The van der Waals surface area contributed by atoms with Crippen LogP contribution >= 0.6 is 0 Å². The number of furan rings is 1. The third kappa shape index (κ3) is 3.59. The van der Waals surface area contributed by atoms with Gasteiger partial charge >= 0.3 is 17.9 Å². The Morgan fingerprint density at radius 1 is 1.04 bits per heavy atom. The van der Waals surface area contributed by atoms with Crippen molar-refractivity contribution in [1.29, 1.82) is 0 Å². The lowest BCUT2D eigenvalue weighted by molar-refractivity contribution is -0.297. The van der Waals surface area contributed by atoms with Crippen LogP contribution in [0.1, 0.15) is 92.6 Å². The van der Waals surface area contributed by atoms with Gasteiger partial charge in [0.1, 0.15) is 30.0 Å². The van der Waals surface area contributed by atoms with Crippen LogP contribution in [0.2, 0.25) is 0 Å². The molecule has 0 bridgehead atoms. The Labute approximate surface area is 264 Å². The lowest BCUT2D eigenvalue weighted by Gasteiger charge is -2.70. The average molecular weight is 627 g/mol. The van der Waals surface area contributed by atoms with Gasteiger partial charge in [0.2, 0.25) is 0 Å². The van der Waals surface area contributed by atoms with Gasteiger partial charge < -0.3 is 28.1 Å². The summed E-state index contributed by atoms with van der Waals surface area (Å²) in [6, 6.07) is 1.86. The summed E-state index contributed by atoms with van der Waals surface area (Å²) in [4.78, 5) is 53.0. The molecule has 4 aliphatic carbocycles. The second-order valence-corrected chi connectivity index (χ2v) is 15.6. The molecule has 7 rings (SSSR count). The van der Waals surface area contributed by atoms with Crippen LogP contribution in [0.15, 0.2) is 23.0 Å². The Balaban J connectivity index is 1.43. The Hall–Kier alpha value is -2.72. The molecule has 1 unspecified atom stereocenters. The number of epoxide rings is 1. The molecule has 4 saturated carbocycles. The largest absolute Gasteiger partial charge is 0.472 e. The maximum absolute atomic E-state index is 14.2. The van der Waals surface area contributed by atoms with Crippen LogP contribution in [0, 0.1) is 39.4 Å². The van der Waals surface area contributed by atoms with Gasteiger partial charge in [-0.1, -0.05) is 41.5 Å². The van der Waals surface area contributed by atoms with Gasteiger partial charge in [-0.2, -0.15) is 0 Å². The maximum atomic E-state index is 14.2. The number of Topliss-reactive ketones (excluding diaryl/α,β-unsaturated/α-hetero) is 1. The van der Waals surface area contributed by atoms with Crippen molar-refractivity contribution in [2.45, 2.75) is 123 Å². The van der Waals surface area contributed by atoms with Gasteiger partial charge in [-0.15, -0.1) is 0 Å². The highest BCUT2D eigenvalue weighted by Crippen LogP contribution is 2.83. The predicted molar refractivity (Wildman–Crippen MR) is 158 cm³/mol. The van der Waals surface area contributed by atoms with Gasteiger partial charge in [-0.3, -0.25) is 19.2 Å². The molecule has 45 heavy (non-hydrogen) atoms. The highest BCUT2D eigenvalue weighted by Gasteiger charge is 2.92. The van der Waals surface area contributed by atoms with Gasteiger partial charge in [-0.25, -0.2) is 0 Å². The number of carbonyl (C=O) groups is 4. The zero-order chi connectivity index (χ0) is 32.5. The normalized spacial score (nSPS) is 49.6. The third-order valence-corrected chi connectivity index (χ3v) is 13.7. The first kappa shape index (κ1) is 30.9. The van der Waals surface area contributed by atoms with Crippen molar-refractivity contribution < 1.29 is 47.3 Å². The smallest absolute Gasteiger partial charge is 0.309 e. The van der Waals surface area contributed by atoms with E-state index in [1.165, 1.54) is 13.8 Å². The van der Waals surface area contributed by atoms with E-state index in [1.807, 2.05) is 19.9 Å². The highest BCUT2D eigenvalue weighted by molar-refractivity contribution is 5.98. The van der Waals surface area contributed by atoms with Crippen LogP contribution in [0.3, 0.4) is 0 Å². The standard InChI is InChI=1S/C35H46O10/c1-9-17(2)30(39)44-29-26-27-31(5,16-41-26)22(42-18(3)36)14-23(43-19(4)37)33(27,7)21-10-12-32(6)24(20-11-13-40-15-20)25(38)28-35(32,45-28)34(21,29)8/h11,13,15,17,21-24,26-29H,9-10,12,14,16H2,1-8H3/t17?,21-,22-,23+,24-,26-,27+,28+,29-,31-,32+,33+,34+,35+/m1/s1. The lowest BCUT2D eigenvalue weighted by Crippen LogP contribution is -2.77. The molecule has 6 aliphatic rings. The molecular formula is C35H46O10. The van der Waals surface area contributed by atoms with E-state index >= 15 is 0 Å². The first-order valence-electron chi connectivity index (χ1n) is 16.5. The van der Waals surface area contributed by atoms with E-state index in [9.17, 15) is 19.2 Å². The van der Waals surface area contributed by atoms with Crippen molar-refractivity contribution in [3.05, 3.63) is 24.2 Å². The first-order valence-corrected chi connectivity index (χ1v) is 16.5. The molecule has 3 heterocycles. The monoisotopic (exact) mass is 626 g/mol. The molecular weight excluding hydrogens is 580 g/mol. The molecule has 0 radical (unpaired) electrons. The maximum Gasteiger partial charge on any atom is 0.309 e. The van der Waals surface area contributed by atoms with Crippen LogP contribution in [0.4, 0.5) is 0 Å². The number of fused-ring (bicyclic) bond motifs is 2. The molecule has 246 valence electrons. The number of rotatable bonds is 6. The molecule has 2 saturated heterocycles. The van der Waals surface area contributed by atoms with E-state index in [1.54, 1.807) is 12.5 Å². The molecule has 14 atom stereocenters. The number of hydrogen-bond acceptors (Lipinski definition) is 10. The molecule has 6 fully saturated rings. The van der Waals surface area contributed by atoms with E-state index in [0.29, 0.717) is 25.7 Å². The van der Waals surface area contributed by atoms with Crippen molar-refractivity contribution >= 4 is 23.7 Å². The highest BCUT2D eigenvalue weighted by atomic mass is 16.6. The number of hydrogen-bond donors (Lipinski definition) is 0. The molecule has 2 aliphatic heterocycles. The van der Waals surface area contributed by atoms with E-state index in [4.69, 9.17) is 28.1 Å². The fourth-order valence-corrected chi connectivity index (χ4v) is 11.7. The molecule has 0 amide bonds. The second-order valence-electron chi connectivity index (χ2n) is 15.6. The van der Waals surface area contributed by atoms with Crippen molar-refractivity contribution in [2.75, 3.05) is 6.61 Å². The molecule has 0 N–H and O–H groups in total. The van der Waals surface area contributed by atoms with Crippen molar-refractivity contribution in [3.63, 3.8) is 0 Å². The molecule has 0 aromatic carbocycles. The minimum atomic E-state index is -0.938. The van der Waals surface area contributed by atoms with E-state index < -0.39 is 75.6 Å². The van der Waals surface area contributed by atoms with Gasteiger partial charge in [0.25, 0.3) is 0 Å². The Kier molecular flexibility index (Phi) is 6.63. The summed E-state index contributed by atoms with van der Waals surface area (Å²) in [6.45, 7) is 15.4. The van der Waals surface area contributed by atoms with Gasteiger partial charge in [0, 0.05) is 53.4 Å². The zero-order valence-electron chi connectivity index (χ0n) is 27.5. The molecule has 10 heteroatoms.